The first-order valence-corrected chi connectivity index (χ1v) is 8.93. The third-order valence-electron chi connectivity index (χ3n) is 3.71. The number of para-hydroxylation sites is 1. The molecule has 0 spiro atoms. The van der Waals surface area contributed by atoms with Gasteiger partial charge in [-0.1, -0.05) is 24.3 Å². The van der Waals surface area contributed by atoms with Gasteiger partial charge in [0.05, 0.1) is 22.4 Å². The van der Waals surface area contributed by atoms with Crippen molar-refractivity contribution in [2.45, 2.75) is 26.0 Å². The van der Waals surface area contributed by atoms with Crippen molar-refractivity contribution in [3.05, 3.63) is 71.1 Å². The number of hydrogen-bond donors (Lipinski definition) is 1. The number of nitrogens with one attached hydrogen (secondary N) is 1. The molecule has 134 valence electrons. The molecule has 3 aromatic rings. The molecule has 0 aliphatic carbocycles. The van der Waals surface area contributed by atoms with Gasteiger partial charge in [-0.25, -0.2) is 4.68 Å². The van der Waals surface area contributed by atoms with Crippen molar-refractivity contribution < 1.29 is 9.53 Å². The van der Waals surface area contributed by atoms with Gasteiger partial charge in [-0.2, -0.15) is 0 Å². The first kappa shape index (κ1) is 18.1. The molecule has 7 heteroatoms. The third-order valence-corrected chi connectivity index (χ3v) is 4.26. The molecule has 3 rings (SSSR count). The second-order valence-corrected chi connectivity index (χ2v) is 7.03. The fraction of sp³-hybridized carbons (Fsp3) is 0.211. The predicted molar refractivity (Wildman–Crippen MR) is 102 cm³/mol. The highest BCUT2D eigenvalue weighted by Gasteiger charge is 2.31. The topological polar surface area (TPSA) is 69.0 Å². The normalized spacial score (nSPS) is 11.2. The summed E-state index contributed by atoms with van der Waals surface area (Å²) in [5, 5.41) is 7.26. The van der Waals surface area contributed by atoms with Crippen LogP contribution in [-0.2, 0) is 11.3 Å². The smallest absolute Gasteiger partial charge is 0.263 e. The van der Waals surface area contributed by atoms with Gasteiger partial charge in [0, 0.05) is 12.4 Å². The summed E-state index contributed by atoms with van der Waals surface area (Å²) in [7, 11) is 0. The van der Waals surface area contributed by atoms with E-state index < -0.39 is 5.60 Å². The zero-order valence-electron chi connectivity index (χ0n) is 14.5. The molecule has 2 heterocycles. The van der Waals surface area contributed by atoms with Crippen molar-refractivity contribution in [1.82, 2.24) is 20.1 Å². The Labute approximate surface area is 160 Å². The molecule has 0 unspecified atom stereocenters. The van der Waals surface area contributed by atoms with E-state index in [1.807, 2.05) is 48.5 Å². The SMILES string of the molecule is CC(C)(Oc1nn(-c2ccccc2)cc1Br)C(=O)NCc1ccccn1. The minimum atomic E-state index is -1.09. The van der Waals surface area contributed by atoms with Crippen LogP contribution in [0.1, 0.15) is 19.5 Å². The number of carbonyl (C=O) groups is 1. The maximum Gasteiger partial charge on any atom is 0.263 e. The predicted octanol–water partition coefficient (Wildman–Crippen LogP) is 3.50. The lowest BCUT2D eigenvalue weighted by Gasteiger charge is -2.24. The van der Waals surface area contributed by atoms with E-state index in [1.165, 1.54) is 0 Å². The van der Waals surface area contributed by atoms with E-state index in [0.29, 0.717) is 16.9 Å². The summed E-state index contributed by atoms with van der Waals surface area (Å²) >= 11 is 3.44. The fourth-order valence-corrected chi connectivity index (χ4v) is 2.65. The largest absolute Gasteiger partial charge is 0.460 e. The van der Waals surface area contributed by atoms with Gasteiger partial charge in [0.2, 0.25) is 5.88 Å². The lowest BCUT2D eigenvalue weighted by Crippen LogP contribution is -2.46. The van der Waals surface area contributed by atoms with Crippen LogP contribution < -0.4 is 10.1 Å². The lowest BCUT2D eigenvalue weighted by molar-refractivity contribution is -0.134. The van der Waals surface area contributed by atoms with E-state index in [9.17, 15) is 4.79 Å². The Kier molecular flexibility index (Phi) is 5.37. The van der Waals surface area contributed by atoms with Gasteiger partial charge in [-0.3, -0.25) is 9.78 Å². The van der Waals surface area contributed by atoms with Crippen LogP contribution in [0.15, 0.2) is 65.4 Å². The zero-order chi connectivity index (χ0) is 18.6. The average Bonchev–Trinajstić information content (AvgIpc) is 3.01. The lowest BCUT2D eigenvalue weighted by atomic mass is 10.1. The van der Waals surface area contributed by atoms with Crippen LogP contribution >= 0.6 is 15.9 Å². The molecule has 0 aliphatic rings. The monoisotopic (exact) mass is 414 g/mol. The molecule has 0 atom stereocenters. The van der Waals surface area contributed by atoms with E-state index in [-0.39, 0.29) is 5.91 Å². The van der Waals surface area contributed by atoms with Crippen molar-refractivity contribution in [1.29, 1.82) is 0 Å². The van der Waals surface area contributed by atoms with Gasteiger partial charge in [0.1, 0.15) is 0 Å². The average molecular weight is 415 g/mol. The molecule has 1 N–H and O–H groups in total. The van der Waals surface area contributed by atoms with Gasteiger partial charge in [-0.15, -0.1) is 5.10 Å². The molecular weight excluding hydrogens is 396 g/mol. The number of aromatic nitrogens is 3. The van der Waals surface area contributed by atoms with E-state index >= 15 is 0 Å². The molecule has 1 aromatic carbocycles. The van der Waals surface area contributed by atoms with Crippen molar-refractivity contribution in [3.8, 4) is 11.6 Å². The summed E-state index contributed by atoms with van der Waals surface area (Å²) in [5.41, 5.74) is 0.597. The quantitative estimate of drug-likeness (QED) is 0.669. The first-order chi connectivity index (χ1) is 12.5. The minimum Gasteiger partial charge on any atom is -0.460 e. The zero-order valence-corrected chi connectivity index (χ0v) is 16.1. The van der Waals surface area contributed by atoms with Crippen LogP contribution in [0.4, 0.5) is 0 Å². The summed E-state index contributed by atoms with van der Waals surface area (Å²) in [6.45, 7) is 3.75. The van der Waals surface area contributed by atoms with E-state index in [0.717, 1.165) is 11.4 Å². The Morgan fingerprint density at radius 3 is 2.62 bits per heavy atom. The molecule has 2 aromatic heterocycles. The molecule has 0 radical (unpaired) electrons. The van der Waals surface area contributed by atoms with Gasteiger partial charge in [0.15, 0.2) is 5.60 Å². The number of ether oxygens (including phenoxy) is 1. The van der Waals surface area contributed by atoms with E-state index in [1.54, 1.807) is 30.9 Å². The maximum atomic E-state index is 12.5. The third kappa shape index (κ3) is 4.29. The van der Waals surface area contributed by atoms with Gasteiger partial charge in [0.25, 0.3) is 5.91 Å². The number of benzene rings is 1. The molecule has 26 heavy (non-hydrogen) atoms. The number of hydrogen-bond acceptors (Lipinski definition) is 4. The number of carbonyl (C=O) groups excluding carboxylic acids is 1. The molecule has 0 saturated carbocycles. The van der Waals surface area contributed by atoms with Crippen molar-refractivity contribution >= 4 is 21.8 Å². The van der Waals surface area contributed by atoms with Gasteiger partial charge in [-0.05, 0) is 54.0 Å². The Bertz CT molecular complexity index is 879. The molecule has 0 bridgehead atoms. The van der Waals surface area contributed by atoms with Crippen LogP contribution in [0.25, 0.3) is 5.69 Å². The van der Waals surface area contributed by atoms with Gasteiger partial charge >= 0.3 is 0 Å². The standard InChI is InChI=1S/C19H19BrN4O2/c1-19(2,18(25)22-12-14-8-6-7-11-21-14)26-17-16(20)13-24(23-17)15-9-4-3-5-10-15/h3-11,13H,12H2,1-2H3,(H,22,25). The molecular formula is C19H19BrN4O2. The Balaban J connectivity index is 1.69. The molecule has 0 fully saturated rings. The van der Waals surface area contributed by atoms with Crippen LogP contribution in [0.2, 0.25) is 0 Å². The minimum absolute atomic E-state index is 0.246. The van der Waals surface area contributed by atoms with Crippen molar-refractivity contribution in [2.24, 2.45) is 0 Å². The van der Waals surface area contributed by atoms with Gasteiger partial charge < -0.3 is 10.1 Å². The van der Waals surface area contributed by atoms with Crippen LogP contribution in [-0.4, -0.2) is 26.3 Å². The Morgan fingerprint density at radius 1 is 1.19 bits per heavy atom. The van der Waals surface area contributed by atoms with Crippen LogP contribution in [0.3, 0.4) is 0 Å². The number of halogens is 1. The highest BCUT2D eigenvalue weighted by molar-refractivity contribution is 9.10. The summed E-state index contributed by atoms with van der Waals surface area (Å²) in [6, 6.07) is 15.2. The Morgan fingerprint density at radius 2 is 1.92 bits per heavy atom. The highest BCUT2D eigenvalue weighted by atomic mass is 79.9. The highest BCUT2D eigenvalue weighted by Crippen LogP contribution is 2.28. The van der Waals surface area contributed by atoms with Crippen LogP contribution in [0, 0.1) is 0 Å². The summed E-state index contributed by atoms with van der Waals surface area (Å²) < 4.78 is 8.24. The second-order valence-electron chi connectivity index (χ2n) is 6.18. The van der Waals surface area contributed by atoms with Crippen molar-refractivity contribution in [2.75, 3.05) is 0 Å². The second kappa shape index (κ2) is 7.70. The maximum absolute atomic E-state index is 12.5. The number of amides is 1. The van der Waals surface area contributed by atoms with Crippen molar-refractivity contribution in [3.63, 3.8) is 0 Å². The number of rotatable bonds is 6. The number of nitrogens with zero attached hydrogens (tertiary/aromatic N) is 3. The fourth-order valence-electron chi connectivity index (χ4n) is 2.29. The summed E-state index contributed by atoms with van der Waals surface area (Å²) in [6.07, 6.45) is 3.49. The Hall–Kier alpha value is -2.67. The molecule has 0 aliphatic heterocycles. The first-order valence-electron chi connectivity index (χ1n) is 8.13. The molecule has 6 nitrogen and oxygen atoms in total. The van der Waals surface area contributed by atoms with E-state index in [2.05, 4.69) is 31.3 Å². The summed E-state index contributed by atoms with van der Waals surface area (Å²) in [5.74, 6) is 0.108. The van der Waals surface area contributed by atoms with E-state index in [4.69, 9.17) is 4.74 Å². The molecule has 1 amide bonds. The molecule has 0 saturated heterocycles. The van der Waals surface area contributed by atoms with Crippen LogP contribution in [0.5, 0.6) is 5.88 Å². The summed E-state index contributed by atoms with van der Waals surface area (Å²) in [4.78, 5) is 16.7. The number of pyridine rings is 1.